The van der Waals surface area contributed by atoms with Gasteiger partial charge in [-0.05, 0) is 93.4 Å². The Morgan fingerprint density at radius 3 is 2.12 bits per heavy atom. The van der Waals surface area contributed by atoms with E-state index in [0.717, 1.165) is 28.6 Å². The first-order valence-corrected chi connectivity index (χ1v) is 15.1. The summed E-state index contributed by atoms with van der Waals surface area (Å²) >= 11 is 6.03. The molecule has 0 saturated carbocycles. The first-order valence-electron chi connectivity index (χ1n) is 13.3. The average Bonchev–Trinajstić information content (AvgIpc) is 2.95. The number of halogens is 2. The first-order chi connectivity index (χ1) is 19.5. The van der Waals surface area contributed by atoms with E-state index in [-0.39, 0.29) is 29.1 Å². The van der Waals surface area contributed by atoms with Gasteiger partial charge in [-0.15, -0.1) is 0 Å². The molecule has 0 aliphatic heterocycles. The van der Waals surface area contributed by atoms with E-state index >= 15 is 0 Å². The van der Waals surface area contributed by atoms with Gasteiger partial charge in [0.2, 0.25) is 11.8 Å². The van der Waals surface area contributed by atoms with Crippen molar-refractivity contribution >= 4 is 39.1 Å². The SMILES string of the molecule is CCOc1ccc(N(CC(=O)N(Cc2ccc(Cl)cc2)[C@H](C)C(=O)N[C@H](C)CC)S(=O)(=O)c2ccc(F)cc2)cc1. The maximum atomic E-state index is 13.9. The topological polar surface area (TPSA) is 96.0 Å². The zero-order valence-corrected chi connectivity index (χ0v) is 25.1. The Bertz CT molecular complexity index is 1420. The predicted molar refractivity (Wildman–Crippen MR) is 158 cm³/mol. The van der Waals surface area contributed by atoms with Gasteiger partial charge in [0.15, 0.2) is 0 Å². The molecule has 220 valence electrons. The first kappa shape index (κ1) is 31.9. The van der Waals surface area contributed by atoms with E-state index in [4.69, 9.17) is 16.3 Å². The number of nitrogens with one attached hydrogen (secondary N) is 1. The van der Waals surface area contributed by atoms with Crippen LogP contribution in [0.25, 0.3) is 0 Å². The number of anilines is 1. The van der Waals surface area contributed by atoms with E-state index in [2.05, 4.69) is 5.32 Å². The lowest BCUT2D eigenvalue weighted by molar-refractivity contribution is -0.139. The molecule has 0 spiro atoms. The molecule has 0 aromatic heterocycles. The van der Waals surface area contributed by atoms with E-state index in [1.54, 1.807) is 43.3 Å². The monoisotopic (exact) mass is 603 g/mol. The maximum Gasteiger partial charge on any atom is 0.264 e. The number of ether oxygens (including phenoxy) is 1. The van der Waals surface area contributed by atoms with Crippen LogP contribution in [0, 0.1) is 5.82 Å². The van der Waals surface area contributed by atoms with Crippen LogP contribution in [0.15, 0.2) is 77.7 Å². The lowest BCUT2D eigenvalue weighted by Gasteiger charge is -2.32. The van der Waals surface area contributed by atoms with Crippen LogP contribution < -0.4 is 14.4 Å². The van der Waals surface area contributed by atoms with Crippen molar-refractivity contribution in [3.63, 3.8) is 0 Å². The van der Waals surface area contributed by atoms with E-state index in [0.29, 0.717) is 29.4 Å². The molecule has 0 aliphatic carbocycles. The lowest BCUT2D eigenvalue weighted by Crippen LogP contribution is -2.52. The summed E-state index contributed by atoms with van der Waals surface area (Å²) in [6.07, 6.45) is 0.699. The standard InChI is InChI=1S/C30H35ClFN3O5S/c1-5-21(3)33-30(37)22(4)34(19-23-7-9-24(31)10-8-23)29(36)20-35(26-13-15-27(16-14-26)40-6-2)41(38,39)28-17-11-25(32)12-18-28/h7-18,21-22H,5-6,19-20H2,1-4H3,(H,33,37)/t21-,22-/m1/s1. The molecule has 2 atom stereocenters. The highest BCUT2D eigenvalue weighted by molar-refractivity contribution is 7.92. The number of amides is 2. The van der Waals surface area contributed by atoms with Crippen LogP contribution in [0.1, 0.15) is 39.7 Å². The van der Waals surface area contributed by atoms with Gasteiger partial charge in [0.25, 0.3) is 10.0 Å². The van der Waals surface area contributed by atoms with Gasteiger partial charge in [-0.25, -0.2) is 12.8 Å². The summed E-state index contributed by atoms with van der Waals surface area (Å²) in [6, 6.07) is 16.4. The highest BCUT2D eigenvalue weighted by atomic mass is 35.5. The lowest BCUT2D eigenvalue weighted by atomic mass is 10.1. The van der Waals surface area contributed by atoms with Gasteiger partial charge in [0.05, 0.1) is 17.2 Å². The summed E-state index contributed by atoms with van der Waals surface area (Å²) in [4.78, 5) is 28.2. The zero-order chi connectivity index (χ0) is 30.2. The van der Waals surface area contributed by atoms with Gasteiger partial charge in [-0.1, -0.05) is 30.7 Å². The molecule has 3 rings (SSSR count). The Hall–Kier alpha value is -3.63. The molecule has 0 saturated heterocycles. The Morgan fingerprint density at radius 2 is 1.56 bits per heavy atom. The van der Waals surface area contributed by atoms with Gasteiger partial charge in [-0.3, -0.25) is 13.9 Å². The quantitative estimate of drug-likeness (QED) is 0.282. The second-order valence-electron chi connectivity index (χ2n) is 9.53. The number of hydrogen-bond donors (Lipinski definition) is 1. The van der Waals surface area contributed by atoms with Gasteiger partial charge in [0, 0.05) is 17.6 Å². The van der Waals surface area contributed by atoms with Crippen molar-refractivity contribution in [1.82, 2.24) is 10.2 Å². The second kappa shape index (κ2) is 14.3. The molecule has 1 N–H and O–H groups in total. The summed E-state index contributed by atoms with van der Waals surface area (Å²) in [5.74, 6) is -1.04. The van der Waals surface area contributed by atoms with Crippen LogP contribution in [0.3, 0.4) is 0 Å². The molecule has 0 heterocycles. The Labute approximate surface area is 246 Å². The minimum atomic E-state index is -4.31. The van der Waals surface area contributed by atoms with Gasteiger partial charge in [0.1, 0.15) is 24.2 Å². The molecule has 0 radical (unpaired) electrons. The number of nitrogens with zero attached hydrogens (tertiary/aromatic N) is 2. The van der Waals surface area contributed by atoms with Crippen LogP contribution in [0.4, 0.5) is 10.1 Å². The zero-order valence-electron chi connectivity index (χ0n) is 23.5. The highest BCUT2D eigenvalue weighted by Crippen LogP contribution is 2.27. The van der Waals surface area contributed by atoms with Crippen LogP contribution in [0.5, 0.6) is 5.75 Å². The normalized spacial score (nSPS) is 12.7. The number of rotatable bonds is 13. The molecule has 2 amide bonds. The predicted octanol–water partition coefficient (Wildman–Crippen LogP) is 5.41. The molecule has 0 bridgehead atoms. The third-order valence-electron chi connectivity index (χ3n) is 6.55. The van der Waals surface area contributed by atoms with Crippen molar-refractivity contribution in [2.75, 3.05) is 17.5 Å². The molecule has 0 fully saturated rings. The molecular weight excluding hydrogens is 569 g/mol. The molecule has 0 unspecified atom stereocenters. The van der Waals surface area contributed by atoms with Crippen molar-refractivity contribution in [2.45, 2.75) is 57.6 Å². The van der Waals surface area contributed by atoms with Crippen LogP contribution in [-0.4, -0.2) is 50.4 Å². The maximum absolute atomic E-state index is 13.9. The van der Waals surface area contributed by atoms with Crippen molar-refractivity contribution in [1.29, 1.82) is 0 Å². The number of carbonyl (C=O) groups is 2. The number of sulfonamides is 1. The van der Waals surface area contributed by atoms with Crippen LogP contribution in [-0.2, 0) is 26.2 Å². The fraction of sp³-hybridized carbons (Fsp3) is 0.333. The summed E-state index contributed by atoms with van der Waals surface area (Å²) in [7, 11) is -4.31. The van der Waals surface area contributed by atoms with Crippen LogP contribution in [0.2, 0.25) is 5.02 Å². The molecule has 3 aromatic carbocycles. The molecule has 3 aromatic rings. The minimum absolute atomic E-state index is 0.0405. The Morgan fingerprint density at radius 1 is 0.951 bits per heavy atom. The van der Waals surface area contributed by atoms with E-state index in [1.165, 1.54) is 17.0 Å². The van der Waals surface area contributed by atoms with Crippen molar-refractivity contribution in [3.05, 3.63) is 89.2 Å². The fourth-order valence-corrected chi connectivity index (χ4v) is 5.51. The summed E-state index contributed by atoms with van der Waals surface area (Å²) in [6.45, 7) is 7.07. The summed E-state index contributed by atoms with van der Waals surface area (Å²) < 4.78 is 47.7. The number of carbonyl (C=O) groups excluding carboxylic acids is 2. The molecular formula is C30H35ClFN3O5S. The molecule has 8 nitrogen and oxygen atoms in total. The van der Waals surface area contributed by atoms with Gasteiger partial charge >= 0.3 is 0 Å². The second-order valence-corrected chi connectivity index (χ2v) is 11.8. The Balaban J connectivity index is 2.02. The van der Waals surface area contributed by atoms with Crippen molar-refractivity contribution in [3.8, 4) is 5.75 Å². The highest BCUT2D eigenvalue weighted by Gasteiger charge is 2.33. The van der Waals surface area contributed by atoms with E-state index in [9.17, 15) is 22.4 Å². The van der Waals surface area contributed by atoms with E-state index in [1.807, 2.05) is 20.8 Å². The van der Waals surface area contributed by atoms with Crippen LogP contribution >= 0.6 is 11.6 Å². The van der Waals surface area contributed by atoms with Gasteiger partial charge < -0.3 is 15.0 Å². The van der Waals surface area contributed by atoms with Gasteiger partial charge in [-0.2, -0.15) is 0 Å². The fourth-order valence-electron chi connectivity index (χ4n) is 3.97. The largest absolute Gasteiger partial charge is 0.494 e. The number of hydrogen-bond acceptors (Lipinski definition) is 5. The third kappa shape index (κ3) is 8.43. The molecule has 41 heavy (non-hydrogen) atoms. The average molecular weight is 604 g/mol. The van der Waals surface area contributed by atoms with Crippen molar-refractivity contribution in [2.24, 2.45) is 0 Å². The molecule has 0 aliphatic rings. The Kier molecular flexibility index (Phi) is 11.1. The summed E-state index contributed by atoms with van der Waals surface area (Å²) in [5.41, 5.74) is 0.911. The smallest absolute Gasteiger partial charge is 0.264 e. The molecule has 11 heteroatoms. The van der Waals surface area contributed by atoms with Crippen molar-refractivity contribution < 1.29 is 27.1 Å². The minimum Gasteiger partial charge on any atom is -0.494 e. The summed E-state index contributed by atoms with van der Waals surface area (Å²) in [5, 5.41) is 3.40. The number of benzene rings is 3. The third-order valence-corrected chi connectivity index (χ3v) is 8.59. The van der Waals surface area contributed by atoms with E-state index < -0.39 is 34.3 Å².